The van der Waals surface area contributed by atoms with Crippen LogP contribution in [0.1, 0.15) is 65.5 Å². The van der Waals surface area contributed by atoms with Crippen LogP contribution < -0.4 is 32.1 Å². The number of carbonyl (C=O) groups is 6. The van der Waals surface area contributed by atoms with Crippen molar-refractivity contribution in [3.05, 3.63) is 65.7 Å². The van der Waals surface area contributed by atoms with Gasteiger partial charge in [0.1, 0.15) is 35.5 Å². The van der Waals surface area contributed by atoms with Crippen molar-refractivity contribution in [3.63, 3.8) is 0 Å². The lowest BCUT2D eigenvalue weighted by Crippen LogP contribution is -2.58. The monoisotopic (exact) mass is 723 g/mol. The van der Waals surface area contributed by atoms with Crippen LogP contribution in [0.3, 0.4) is 0 Å². The first kappa shape index (κ1) is 41.2. The fourth-order valence-corrected chi connectivity index (χ4v) is 5.54. The minimum absolute atomic E-state index is 0.0411. The fraction of sp³-hybridized carbons (Fsp3) is 0.514. The summed E-state index contributed by atoms with van der Waals surface area (Å²) in [4.78, 5) is 80.3. The van der Waals surface area contributed by atoms with E-state index in [4.69, 9.17) is 4.74 Å². The largest absolute Gasteiger partial charge is 0.508 e. The molecule has 1 aliphatic heterocycles. The smallest absolute Gasteiger partial charge is 0.422 e. The SMILES string of the molecule is CC(C)CC1C(=O)NCCCN1C(=O)[C@H](Cc1ccccc1)NC(=O)CNC(=O)[C@@H](C)NC(=O)[C@H](Cc1ccc(O)cc1)NNC(=O)OC(C)(C)C. The molecule has 15 heteroatoms. The van der Waals surface area contributed by atoms with Gasteiger partial charge in [-0.3, -0.25) is 29.4 Å². The van der Waals surface area contributed by atoms with Crippen molar-refractivity contribution in [1.82, 2.24) is 37.0 Å². The van der Waals surface area contributed by atoms with Crippen molar-refractivity contribution >= 4 is 35.6 Å². The number of phenolic OH excluding ortho intramolecular Hbond substituents is 1. The number of hydrogen-bond acceptors (Lipinski definition) is 9. The minimum atomic E-state index is -1.10. The van der Waals surface area contributed by atoms with Crippen molar-refractivity contribution in [2.24, 2.45) is 5.92 Å². The molecule has 0 bridgehead atoms. The van der Waals surface area contributed by atoms with E-state index in [9.17, 15) is 33.9 Å². The topological polar surface area (TPSA) is 207 Å². The van der Waals surface area contributed by atoms with Gasteiger partial charge in [0.05, 0.1) is 6.54 Å². The number of ether oxygens (including phenoxy) is 1. The summed E-state index contributed by atoms with van der Waals surface area (Å²) in [5, 5.41) is 20.4. The maximum atomic E-state index is 14.0. The van der Waals surface area contributed by atoms with E-state index < -0.39 is 60.1 Å². The summed E-state index contributed by atoms with van der Waals surface area (Å²) < 4.78 is 5.23. The molecule has 1 fully saturated rings. The number of carbonyl (C=O) groups excluding carboxylic acids is 6. The third kappa shape index (κ3) is 13.9. The van der Waals surface area contributed by atoms with E-state index in [0.717, 1.165) is 5.56 Å². The number of hydrazine groups is 1. The molecule has 1 unspecified atom stereocenters. The molecule has 6 amide bonds. The molecule has 1 aliphatic rings. The number of nitrogens with zero attached hydrogens (tertiary/aromatic N) is 1. The van der Waals surface area contributed by atoms with Crippen LogP contribution in [-0.2, 0) is 41.6 Å². The Morgan fingerprint density at radius 1 is 0.904 bits per heavy atom. The molecule has 2 aromatic rings. The third-order valence-corrected chi connectivity index (χ3v) is 8.06. The normalized spacial score (nSPS) is 16.4. The zero-order valence-electron chi connectivity index (χ0n) is 30.8. The Labute approximate surface area is 305 Å². The van der Waals surface area contributed by atoms with Crippen LogP contribution in [0.2, 0.25) is 0 Å². The maximum Gasteiger partial charge on any atom is 0.422 e. The predicted molar refractivity (Wildman–Crippen MR) is 193 cm³/mol. The summed E-state index contributed by atoms with van der Waals surface area (Å²) in [7, 11) is 0. The second-order valence-corrected chi connectivity index (χ2v) is 14.3. The van der Waals surface area contributed by atoms with E-state index in [-0.39, 0.29) is 36.3 Å². The molecule has 0 saturated carbocycles. The van der Waals surface area contributed by atoms with Crippen molar-refractivity contribution in [3.8, 4) is 5.75 Å². The summed E-state index contributed by atoms with van der Waals surface area (Å²) in [6.45, 7) is 10.8. The van der Waals surface area contributed by atoms with Gasteiger partial charge in [-0.2, -0.15) is 0 Å². The van der Waals surface area contributed by atoms with E-state index in [0.29, 0.717) is 31.5 Å². The molecule has 284 valence electrons. The van der Waals surface area contributed by atoms with E-state index in [1.807, 2.05) is 44.2 Å². The Balaban J connectivity index is 1.66. The molecule has 15 nitrogen and oxygen atoms in total. The summed E-state index contributed by atoms with van der Waals surface area (Å²) in [6, 6.07) is 11.5. The highest BCUT2D eigenvalue weighted by atomic mass is 16.6. The zero-order valence-corrected chi connectivity index (χ0v) is 30.8. The van der Waals surface area contributed by atoms with Crippen LogP contribution >= 0.6 is 0 Å². The lowest BCUT2D eigenvalue weighted by atomic mass is 9.99. The quantitative estimate of drug-likeness (QED) is 0.133. The zero-order chi connectivity index (χ0) is 38.4. The third-order valence-electron chi connectivity index (χ3n) is 8.06. The van der Waals surface area contributed by atoms with Gasteiger partial charge >= 0.3 is 6.09 Å². The van der Waals surface area contributed by atoms with Gasteiger partial charge in [-0.1, -0.05) is 56.3 Å². The molecule has 4 atom stereocenters. The van der Waals surface area contributed by atoms with Crippen molar-refractivity contribution in [2.45, 2.75) is 97.0 Å². The highest BCUT2D eigenvalue weighted by Crippen LogP contribution is 2.18. The van der Waals surface area contributed by atoms with Gasteiger partial charge in [-0.05, 0) is 76.1 Å². The summed E-state index contributed by atoms with van der Waals surface area (Å²) in [6.07, 6.45) is 0.467. The molecular weight excluding hydrogens is 670 g/mol. The van der Waals surface area contributed by atoms with Gasteiger partial charge in [-0.25, -0.2) is 10.2 Å². The number of amides is 6. The van der Waals surface area contributed by atoms with Gasteiger partial charge in [0.2, 0.25) is 29.5 Å². The molecule has 0 aliphatic carbocycles. The number of benzene rings is 2. The van der Waals surface area contributed by atoms with Crippen molar-refractivity contribution in [1.29, 1.82) is 0 Å². The number of phenols is 1. The highest BCUT2D eigenvalue weighted by Gasteiger charge is 2.36. The van der Waals surface area contributed by atoms with Gasteiger partial charge < -0.3 is 36.0 Å². The van der Waals surface area contributed by atoms with Crippen molar-refractivity contribution < 1.29 is 38.6 Å². The average Bonchev–Trinajstić information content (AvgIpc) is 3.25. The molecule has 52 heavy (non-hydrogen) atoms. The number of hydrogen-bond donors (Lipinski definition) is 7. The second kappa shape index (κ2) is 19.4. The van der Waals surface area contributed by atoms with Crippen molar-refractivity contribution in [2.75, 3.05) is 19.6 Å². The average molecular weight is 724 g/mol. The van der Waals surface area contributed by atoms with Crippen LogP contribution in [0.4, 0.5) is 4.79 Å². The lowest BCUT2D eigenvalue weighted by molar-refractivity contribution is -0.143. The number of rotatable bonds is 15. The van der Waals surface area contributed by atoms with E-state index >= 15 is 0 Å². The Bertz CT molecular complexity index is 1530. The lowest BCUT2D eigenvalue weighted by Gasteiger charge is -2.33. The van der Waals surface area contributed by atoms with Crippen LogP contribution in [0.15, 0.2) is 54.6 Å². The predicted octanol–water partition coefficient (Wildman–Crippen LogP) is 1.44. The number of aromatic hydroxyl groups is 1. The van der Waals surface area contributed by atoms with Crippen LogP contribution in [0.25, 0.3) is 0 Å². The summed E-state index contributed by atoms with van der Waals surface area (Å²) >= 11 is 0. The molecule has 0 aromatic heterocycles. The molecule has 0 spiro atoms. The summed E-state index contributed by atoms with van der Waals surface area (Å²) in [5.74, 6) is -2.37. The Morgan fingerprint density at radius 2 is 1.54 bits per heavy atom. The van der Waals surface area contributed by atoms with Crippen LogP contribution in [0, 0.1) is 5.92 Å². The Kier molecular flexibility index (Phi) is 15.4. The first-order valence-electron chi connectivity index (χ1n) is 17.5. The molecule has 1 saturated heterocycles. The fourth-order valence-electron chi connectivity index (χ4n) is 5.54. The van der Waals surface area contributed by atoms with Crippen LogP contribution in [-0.4, -0.2) is 95.0 Å². The number of nitrogens with one attached hydrogen (secondary N) is 6. The molecular formula is C37H53N7O8. The molecule has 1 heterocycles. The molecule has 0 radical (unpaired) electrons. The van der Waals surface area contributed by atoms with Gasteiger partial charge in [0.25, 0.3) is 0 Å². The van der Waals surface area contributed by atoms with E-state index in [1.54, 1.807) is 37.8 Å². The second-order valence-electron chi connectivity index (χ2n) is 14.3. The van der Waals surface area contributed by atoms with Crippen LogP contribution in [0.5, 0.6) is 5.75 Å². The highest BCUT2D eigenvalue weighted by molar-refractivity contribution is 5.95. The van der Waals surface area contributed by atoms with E-state index in [1.165, 1.54) is 19.1 Å². The maximum absolute atomic E-state index is 14.0. The van der Waals surface area contributed by atoms with Gasteiger partial charge in [0.15, 0.2) is 0 Å². The Morgan fingerprint density at radius 3 is 2.17 bits per heavy atom. The Hall–Kier alpha value is -5.18. The first-order chi connectivity index (χ1) is 24.5. The van der Waals surface area contributed by atoms with E-state index in [2.05, 4.69) is 32.1 Å². The first-order valence-corrected chi connectivity index (χ1v) is 17.5. The van der Waals surface area contributed by atoms with Gasteiger partial charge in [0, 0.05) is 19.5 Å². The molecule has 3 rings (SSSR count). The standard InChI is InChI=1S/C37H53N7O8/c1-23(2)19-30-34(49)38-17-10-18-44(30)35(50)29(21-25-11-8-7-9-12-25)41-31(46)22-39-32(47)24(3)40-33(48)28(20-26-13-15-27(45)16-14-26)42-43-36(51)52-37(4,5)6/h7-9,11-16,23-24,28-30,42,45H,10,17-22H2,1-6H3,(H,38,49)(H,39,47)(H,40,48)(H,41,46)(H,43,51)/t24-,28+,29+,30?/m1/s1. The summed E-state index contributed by atoms with van der Waals surface area (Å²) in [5.41, 5.74) is 5.67. The minimum Gasteiger partial charge on any atom is -0.508 e. The van der Waals surface area contributed by atoms with Gasteiger partial charge in [-0.15, -0.1) is 0 Å². The molecule has 2 aromatic carbocycles. The molecule has 7 N–H and O–H groups in total.